The van der Waals surface area contributed by atoms with Gasteiger partial charge < -0.3 is 5.11 Å². The third kappa shape index (κ3) is 3.29. The van der Waals surface area contributed by atoms with Gasteiger partial charge in [0.25, 0.3) is 0 Å². The van der Waals surface area contributed by atoms with Gasteiger partial charge in [0.1, 0.15) is 5.60 Å². The van der Waals surface area contributed by atoms with Crippen LogP contribution in [-0.2, 0) is 5.60 Å². The standard InChI is InChI=1S/C23H18OS2/c24-23(18-9-3-1-4-10-18,19-11-5-2-6-12-19)17-20(21-13-7-15-25-21)22-14-8-16-26-22/h1-17,24H. The summed E-state index contributed by atoms with van der Waals surface area (Å²) in [4.78, 5) is 2.30. The van der Waals surface area contributed by atoms with Gasteiger partial charge in [0.15, 0.2) is 0 Å². The zero-order valence-electron chi connectivity index (χ0n) is 14.1. The Hall–Kier alpha value is -2.46. The van der Waals surface area contributed by atoms with E-state index in [0.29, 0.717) is 0 Å². The molecule has 0 bridgehead atoms. The zero-order chi connectivity index (χ0) is 17.8. The predicted molar refractivity (Wildman–Crippen MR) is 112 cm³/mol. The summed E-state index contributed by atoms with van der Waals surface area (Å²) in [5.74, 6) is 0. The van der Waals surface area contributed by atoms with E-state index in [9.17, 15) is 5.11 Å². The summed E-state index contributed by atoms with van der Waals surface area (Å²) in [7, 11) is 0. The highest BCUT2D eigenvalue weighted by Crippen LogP contribution is 2.38. The molecule has 4 aromatic rings. The zero-order valence-corrected chi connectivity index (χ0v) is 15.7. The minimum absolute atomic E-state index is 0.858. The fraction of sp³-hybridized carbons (Fsp3) is 0.0435. The maximum Gasteiger partial charge on any atom is 0.134 e. The molecule has 0 saturated carbocycles. The van der Waals surface area contributed by atoms with Crippen LogP contribution in [0.25, 0.3) is 5.57 Å². The molecule has 0 fully saturated rings. The first kappa shape index (κ1) is 17.0. The van der Waals surface area contributed by atoms with E-state index in [4.69, 9.17) is 0 Å². The van der Waals surface area contributed by atoms with Crippen molar-refractivity contribution in [1.29, 1.82) is 0 Å². The van der Waals surface area contributed by atoms with Crippen molar-refractivity contribution in [1.82, 2.24) is 0 Å². The molecule has 26 heavy (non-hydrogen) atoms. The molecule has 0 saturated heterocycles. The van der Waals surface area contributed by atoms with Crippen LogP contribution in [0.3, 0.4) is 0 Å². The Morgan fingerprint density at radius 1 is 0.654 bits per heavy atom. The summed E-state index contributed by atoms with van der Waals surface area (Å²) in [6, 6.07) is 28.0. The first-order valence-corrected chi connectivity index (χ1v) is 10.2. The highest BCUT2D eigenvalue weighted by Gasteiger charge is 2.30. The van der Waals surface area contributed by atoms with Crippen molar-refractivity contribution in [2.75, 3.05) is 0 Å². The van der Waals surface area contributed by atoms with Gasteiger partial charge in [0, 0.05) is 15.3 Å². The lowest BCUT2D eigenvalue weighted by Crippen LogP contribution is -2.25. The summed E-state index contributed by atoms with van der Waals surface area (Å²) in [5.41, 5.74) is 1.57. The summed E-state index contributed by atoms with van der Waals surface area (Å²) >= 11 is 3.38. The second-order valence-electron chi connectivity index (χ2n) is 6.01. The molecule has 2 aromatic carbocycles. The smallest absolute Gasteiger partial charge is 0.134 e. The lowest BCUT2D eigenvalue weighted by atomic mass is 9.84. The molecule has 0 aliphatic carbocycles. The van der Waals surface area contributed by atoms with Crippen molar-refractivity contribution < 1.29 is 5.11 Å². The van der Waals surface area contributed by atoms with Gasteiger partial charge in [0.2, 0.25) is 0 Å². The molecule has 3 heteroatoms. The van der Waals surface area contributed by atoms with Crippen molar-refractivity contribution in [2.45, 2.75) is 5.60 Å². The second kappa shape index (κ2) is 7.42. The van der Waals surface area contributed by atoms with Crippen LogP contribution in [0.1, 0.15) is 20.9 Å². The van der Waals surface area contributed by atoms with Crippen LogP contribution in [0.4, 0.5) is 0 Å². The Bertz CT molecular complexity index is 894. The summed E-state index contributed by atoms with van der Waals surface area (Å²) in [6.07, 6.45) is 2.00. The molecule has 0 aliphatic rings. The largest absolute Gasteiger partial charge is 0.377 e. The molecule has 2 aromatic heterocycles. The van der Waals surface area contributed by atoms with E-state index < -0.39 is 5.60 Å². The van der Waals surface area contributed by atoms with Crippen LogP contribution in [0.2, 0.25) is 0 Å². The van der Waals surface area contributed by atoms with Crippen LogP contribution in [0.15, 0.2) is 102 Å². The quantitative estimate of drug-likeness (QED) is 0.442. The fourth-order valence-corrected chi connectivity index (χ4v) is 4.63. The van der Waals surface area contributed by atoms with E-state index in [1.165, 1.54) is 0 Å². The molecular formula is C23H18OS2. The van der Waals surface area contributed by atoms with Gasteiger partial charge in [-0.25, -0.2) is 0 Å². The summed E-state index contributed by atoms with van der Waals surface area (Å²) in [5, 5.41) is 16.0. The van der Waals surface area contributed by atoms with E-state index in [1.807, 2.05) is 78.9 Å². The Morgan fingerprint density at radius 2 is 1.12 bits per heavy atom. The van der Waals surface area contributed by atoms with E-state index >= 15 is 0 Å². The van der Waals surface area contributed by atoms with Gasteiger partial charge in [0.05, 0.1) is 0 Å². The molecule has 0 aliphatic heterocycles. The first-order valence-electron chi connectivity index (χ1n) is 8.41. The molecule has 2 heterocycles. The maximum atomic E-state index is 11.9. The maximum absolute atomic E-state index is 11.9. The summed E-state index contributed by atoms with van der Waals surface area (Å²) in [6.45, 7) is 0. The molecule has 128 valence electrons. The van der Waals surface area contributed by atoms with E-state index in [1.54, 1.807) is 22.7 Å². The SMILES string of the molecule is OC(C=C(c1cccs1)c1cccs1)(c1ccccc1)c1ccccc1. The first-order chi connectivity index (χ1) is 12.8. The Kier molecular flexibility index (Phi) is 4.85. The van der Waals surface area contributed by atoms with Crippen molar-refractivity contribution in [3.05, 3.63) is 123 Å². The summed E-state index contributed by atoms with van der Waals surface area (Å²) < 4.78 is 0. The molecule has 1 N–H and O–H groups in total. The van der Waals surface area contributed by atoms with Gasteiger partial charge in [-0.1, -0.05) is 72.8 Å². The molecule has 0 unspecified atom stereocenters. The molecule has 0 amide bonds. The number of thiophene rings is 2. The van der Waals surface area contributed by atoms with Crippen LogP contribution in [0, 0.1) is 0 Å². The lowest BCUT2D eigenvalue weighted by molar-refractivity contribution is 0.135. The minimum atomic E-state index is -1.20. The third-order valence-corrected chi connectivity index (χ3v) is 6.16. The number of hydrogen-bond donors (Lipinski definition) is 1. The normalized spacial score (nSPS) is 11.3. The van der Waals surface area contributed by atoms with Gasteiger partial charge in [-0.15, -0.1) is 22.7 Å². The second-order valence-corrected chi connectivity index (χ2v) is 7.91. The van der Waals surface area contributed by atoms with E-state index in [0.717, 1.165) is 26.5 Å². The van der Waals surface area contributed by atoms with Crippen molar-refractivity contribution in [3.63, 3.8) is 0 Å². The average Bonchev–Trinajstić information content (AvgIpc) is 3.41. The van der Waals surface area contributed by atoms with Crippen molar-refractivity contribution >= 4 is 28.2 Å². The van der Waals surface area contributed by atoms with Gasteiger partial charge in [-0.2, -0.15) is 0 Å². The van der Waals surface area contributed by atoms with Crippen LogP contribution < -0.4 is 0 Å². The third-order valence-electron chi connectivity index (χ3n) is 4.35. The van der Waals surface area contributed by atoms with Gasteiger partial charge in [-0.3, -0.25) is 0 Å². The highest BCUT2D eigenvalue weighted by molar-refractivity contribution is 7.13. The van der Waals surface area contributed by atoms with Crippen LogP contribution in [0.5, 0.6) is 0 Å². The van der Waals surface area contributed by atoms with Crippen LogP contribution in [-0.4, -0.2) is 5.11 Å². The monoisotopic (exact) mass is 374 g/mol. The lowest BCUT2D eigenvalue weighted by Gasteiger charge is -2.27. The number of aliphatic hydroxyl groups is 1. The average molecular weight is 375 g/mol. The molecule has 0 atom stereocenters. The Balaban J connectivity index is 1.95. The van der Waals surface area contributed by atoms with E-state index in [-0.39, 0.29) is 0 Å². The predicted octanol–water partition coefficient (Wildman–Crippen LogP) is 6.18. The topological polar surface area (TPSA) is 20.2 Å². The number of hydrogen-bond acceptors (Lipinski definition) is 3. The Labute approximate surface area is 161 Å². The van der Waals surface area contributed by atoms with Crippen LogP contribution >= 0.6 is 22.7 Å². The Morgan fingerprint density at radius 3 is 1.50 bits per heavy atom. The van der Waals surface area contributed by atoms with Crippen molar-refractivity contribution in [3.8, 4) is 0 Å². The van der Waals surface area contributed by atoms with Crippen molar-refractivity contribution in [2.24, 2.45) is 0 Å². The molecular weight excluding hydrogens is 356 g/mol. The number of rotatable bonds is 5. The minimum Gasteiger partial charge on any atom is -0.377 e. The van der Waals surface area contributed by atoms with Gasteiger partial charge >= 0.3 is 0 Å². The fourth-order valence-electron chi connectivity index (χ4n) is 3.05. The molecule has 1 nitrogen and oxygen atoms in total. The highest BCUT2D eigenvalue weighted by atomic mass is 32.1. The molecule has 4 rings (SSSR count). The van der Waals surface area contributed by atoms with Gasteiger partial charge in [-0.05, 0) is 40.1 Å². The molecule has 0 spiro atoms. The molecule has 0 radical (unpaired) electrons. The van der Waals surface area contributed by atoms with E-state index in [2.05, 4.69) is 22.9 Å². The number of benzene rings is 2.